The van der Waals surface area contributed by atoms with Gasteiger partial charge in [0.05, 0.1) is 16.7 Å². The van der Waals surface area contributed by atoms with Gasteiger partial charge >= 0.3 is 17.9 Å². The lowest BCUT2D eigenvalue weighted by Gasteiger charge is -2.06. The zero-order chi connectivity index (χ0) is 65.7. The number of benzene rings is 8. The van der Waals surface area contributed by atoms with Crippen LogP contribution in [0, 0.1) is 104 Å². The van der Waals surface area contributed by atoms with Crippen molar-refractivity contribution in [3.8, 4) is 97.2 Å². The van der Waals surface area contributed by atoms with Gasteiger partial charge in [-0.15, -0.1) is 32.1 Å². The molecule has 0 saturated carbocycles. The molecule has 89 heavy (non-hydrogen) atoms. The fourth-order valence-electron chi connectivity index (χ4n) is 7.73. The minimum atomic E-state index is -1.20. The zero-order valence-corrected chi connectivity index (χ0v) is 49.2. The SMILES string of the molecule is C#Cc1cc(C(C)=O)c(C(=O)O)cc1C#C.C#Cc1ccc(C(C)=O)cc1C.C#Cc1ccc(C(C)=O)cc1C#C.CC(=O)c1cc(C#Cc2ccccc2)c(C#Cc2ccccc2)cc1C(=O)O.CC(=O)c1ccc(C#Cc2ccccc2)cc1C(=O)O. The molecule has 0 bridgehead atoms. The summed E-state index contributed by atoms with van der Waals surface area (Å²) in [7, 11) is 0. The van der Waals surface area contributed by atoms with E-state index in [1.165, 1.54) is 64.1 Å². The van der Waals surface area contributed by atoms with E-state index < -0.39 is 17.9 Å². The first-order valence-corrected chi connectivity index (χ1v) is 26.5. The van der Waals surface area contributed by atoms with E-state index in [-0.39, 0.29) is 62.3 Å². The molecule has 8 rings (SSSR count). The molecular formula is C78H54O11. The van der Waals surface area contributed by atoms with Crippen molar-refractivity contribution in [2.24, 2.45) is 0 Å². The van der Waals surface area contributed by atoms with Gasteiger partial charge in [-0.3, -0.25) is 24.0 Å². The van der Waals surface area contributed by atoms with Gasteiger partial charge in [0, 0.05) is 89.0 Å². The Labute approximate surface area is 517 Å². The Morgan fingerprint density at radius 2 is 0.596 bits per heavy atom. The van der Waals surface area contributed by atoms with Gasteiger partial charge < -0.3 is 15.3 Å². The molecule has 432 valence electrons. The van der Waals surface area contributed by atoms with Crippen molar-refractivity contribution in [1.82, 2.24) is 0 Å². The van der Waals surface area contributed by atoms with Crippen LogP contribution in [0.1, 0.15) is 184 Å². The molecule has 0 aliphatic carbocycles. The number of aryl methyl sites for hydroxylation is 1. The summed E-state index contributed by atoms with van der Waals surface area (Å²) < 4.78 is 0. The third-order valence-corrected chi connectivity index (χ3v) is 12.4. The molecule has 0 aliphatic rings. The summed E-state index contributed by atoms with van der Waals surface area (Å²) in [5.74, 6) is 25.6. The van der Waals surface area contributed by atoms with Crippen LogP contribution >= 0.6 is 0 Å². The zero-order valence-electron chi connectivity index (χ0n) is 49.2. The van der Waals surface area contributed by atoms with Crippen molar-refractivity contribution in [2.75, 3.05) is 0 Å². The summed E-state index contributed by atoms with van der Waals surface area (Å²) in [6.07, 6.45) is 26.1. The highest BCUT2D eigenvalue weighted by atomic mass is 16.4. The van der Waals surface area contributed by atoms with Crippen molar-refractivity contribution in [3.63, 3.8) is 0 Å². The molecule has 11 nitrogen and oxygen atoms in total. The number of carboxylic acids is 3. The van der Waals surface area contributed by atoms with E-state index in [9.17, 15) is 43.5 Å². The van der Waals surface area contributed by atoms with E-state index in [1.54, 1.807) is 43.3 Å². The van der Waals surface area contributed by atoms with E-state index >= 15 is 0 Å². The van der Waals surface area contributed by atoms with Gasteiger partial charge in [0.15, 0.2) is 28.9 Å². The predicted octanol–water partition coefficient (Wildman–Crippen LogP) is 13.0. The van der Waals surface area contributed by atoms with Crippen LogP contribution in [-0.4, -0.2) is 62.1 Å². The Hall–Kier alpha value is -13.0. The van der Waals surface area contributed by atoms with E-state index in [1.807, 2.05) is 104 Å². The maximum absolute atomic E-state index is 11.9. The topological polar surface area (TPSA) is 197 Å². The largest absolute Gasteiger partial charge is 0.478 e. The number of aromatic carboxylic acids is 3. The summed E-state index contributed by atoms with van der Waals surface area (Å²) in [6, 6.07) is 48.7. The summed E-state index contributed by atoms with van der Waals surface area (Å²) in [5, 5.41) is 27.5. The first kappa shape index (κ1) is 68.5. The first-order valence-electron chi connectivity index (χ1n) is 26.5. The second-order valence-corrected chi connectivity index (χ2v) is 18.7. The molecule has 8 aromatic carbocycles. The van der Waals surface area contributed by atoms with Crippen LogP contribution in [0.25, 0.3) is 0 Å². The molecule has 0 heterocycles. The van der Waals surface area contributed by atoms with Gasteiger partial charge in [-0.2, -0.15) is 0 Å². The third-order valence-electron chi connectivity index (χ3n) is 12.4. The van der Waals surface area contributed by atoms with Gasteiger partial charge in [-0.05, 0) is 150 Å². The maximum Gasteiger partial charge on any atom is 0.336 e. The van der Waals surface area contributed by atoms with Crippen molar-refractivity contribution in [2.45, 2.75) is 41.5 Å². The molecule has 0 atom stereocenters. The molecule has 0 unspecified atom stereocenters. The molecular weight excluding hydrogens is 1110 g/mol. The standard InChI is InChI=1S/C25H16O3.C17H12O3.C13H8O3.C12H8O.C11H10O/c1-18(26)23-16-21(14-12-19-8-4-2-5-9-19)22(17-24(23)25(27)28)15-13-20-10-6-3-7-11-20;1-12(18)15-10-9-14(11-16(15)17(19)20)8-7-13-5-3-2-4-6-13;1-4-9-6-11(8(3)14)12(13(15)16)7-10(9)5-2;1-4-10-6-7-12(9(3)13)8-11(10)5-2;1-4-10-5-6-11(9(3)12)7-8(10)2/h2-11,16-17H,1H3,(H,27,28);2-6,9-11H,1H3,(H,19,20);1-2,6-7H,3H3,(H,15,16);1-2,6-8H,3H3;1,5-7H,2-3H3. The summed E-state index contributed by atoms with van der Waals surface area (Å²) in [6.45, 7) is 8.90. The number of carboxylic acid groups (broad SMARTS) is 3. The second kappa shape index (κ2) is 33.9. The summed E-state index contributed by atoms with van der Waals surface area (Å²) in [5.41, 5.74) is 9.19. The van der Waals surface area contributed by atoms with Crippen molar-refractivity contribution < 1.29 is 53.7 Å². The Morgan fingerprint density at radius 3 is 0.955 bits per heavy atom. The van der Waals surface area contributed by atoms with Crippen LogP contribution in [0.4, 0.5) is 0 Å². The fourth-order valence-corrected chi connectivity index (χ4v) is 7.73. The van der Waals surface area contributed by atoms with Gasteiger partial charge in [0.2, 0.25) is 0 Å². The lowest BCUT2D eigenvalue weighted by atomic mass is 9.96. The predicted molar refractivity (Wildman–Crippen MR) is 345 cm³/mol. The number of hydrogen-bond donors (Lipinski definition) is 3. The second-order valence-electron chi connectivity index (χ2n) is 18.7. The quantitative estimate of drug-likeness (QED) is 0.0967. The molecule has 0 radical (unpaired) electrons. The Bertz CT molecular complexity index is 4370. The van der Waals surface area contributed by atoms with Crippen LogP contribution in [0.3, 0.4) is 0 Å². The van der Waals surface area contributed by atoms with Crippen molar-refractivity contribution in [1.29, 1.82) is 0 Å². The highest BCUT2D eigenvalue weighted by molar-refractivity contribution is 6.07. The minimum Gasteiger partial charge on any atom is -0.478 e. The number of terminal acetylenes is 5. The number of Topliss-reactive ketones (excluding diaryl/α,β-unsaturated/α-hetero) is 5. The average Bonchev–Trinajstić information content (AvgIpc) is 3.73. The van der Waals surface area contributed by atoms with Gasteiger partial charge in [0.1, 0.15) is 0 Å². The highest BCUT2D eigenvalue weighted by Crippen LogP contribution is 2.20. The normalized spacial score (nSPS) is 9.18. The van der Waals surface area contributed by atoms with Gasteiger partial charge in [-0.25, -0.2) is 14.4 Å². The Balaban J connectivity index is 0.000000247. The molecule has 0 aliphatic heterocycles. The number of hydrogen-bond acceptors (Lipinski definition) is 8. The molecule has 0 fully saturated rings. The molecule has 3 N–H and O–H groups in total. The number of ketones is 5. The van der Waals surface area contributed by atoms with E-state index in [2.05, 4.69) is 65.1 Å². The van der Waals surface area contributed by atoms with Crippen LogP contribution < -0.4 is 0 Å². The molecule has 0 saturated heterocycles. The Morgan fingerprint density at radius 1 is 0.281 bits per heavy atom. The molecule has 0 aromatic heterocycles. The first-order chi connectivity index (χ1) is 42.5. The fraction of sp³-hybridized carbons (Fsp3) is 0.0769. The highest BCUT2D eigenvalue weighted by Gasteiger charge is 2.19. The lowest BCUT2D eigenvalue weighted by molar-refractivity contribution is 0.0683. The van der Waals surface area contributed by atoms with E-state index in [0.29, 0.717) is 50.1 Å². The maximum atomic E-state index is 11.9. The summed E-state index contributed by atoms with van der Waals surface area (Å²) in [4.78, 5) is 90.2. The Kier molecular flexibility index (Phi) is 26.1. The molecule has 11 heteroatoms. The molecule has 0 spiro atoms. The molecule has 0 amide bonds. The van der Waals surface area contributed by atoms with Crippen LogP contribution in [0.15, 0.2) is 170 Å². The lowest BCUT2D eigenvalue weighted by Crippen LogP contribution is -2.08. The van der Waals surface area contributed by atoms with Crippen molar-refractivity contribution >= 4 is 46.8 Å². The third kappa shape index (κ3) is 20.7. The van der Waals surface area contributed by atoms with E-state index in [0.717, 1.165) is 27.8 Å². The monoisotopic (exact) mass is 1170 g/mol. The van der Waals surface area contributed by atoms with Crippen LogP contribution in [0.2, 0.25) is 0 Å². The average molecular weight is 1170 g/mol. The number of carbonyl (C=O) groups excluding carboxylic acids is 5. The minimum absolute atomic E-state index is 0.0138. The summed E-state index contributed by atoms with van der Waals surface area (Å²) >= 11 is 0. The number of carbonyl (C=O) groups is 8. The van der Waals surface area contributed by atoms with Gasteiger partial charge in [-0.1, -0.05) is 132 Å². The van der Waals surface area contributed by atoms with Crippen LogP contribution in [0.5, 0.6) is 0 Å². The number of rotatable bonds is 8. The van der Waals surface area contributed by atoms with Gasteiger partial charge in [0.25, 0.3) is 0 Å². The van der Waals surface area contributed by atoms with Crippen LogP contribution in [-0.2, 0) is 0 Å². The van der Waals surface area contributed by atoms with Crippen molar-refractivity contribution in [3.05, 3.63) is 281 Å². The molecule has 8 aromatic rings. The smallest absolute Gasteiger partial charge is 0.336 e. The van der Waals surface area contributed by atoms with E-state index in [4.69, 9.17) is 42.3 Å².